The van der Waals surface area contributed by atoms with Crippen LogP contribution in [0.3, 0.4) is 0 Å². The van der Waals surface area contributed by atoms with Gasteiger partial charge in [-0.25, -0.2) is 4.98 Å². The third-order valence-electron chi connectivity index (χ3n) is 6.99. The lowest BCUT2D eigenvalue weighted by atomic mass is 9.82. The van der Waals surface area contributed by atoms with E-state index in [1.54, 1.807) is 6.07 Å². The molecule has 13 heteroatoms. The number of hydrogen-bond acceptors (Lipinski definition) is 9. The van der Waals surface area contributed by atoms with Gasteiger partial charge in [-0.15, -0.1) is 13.2 Å². The van der Waals surface area contributed by atoms with Crippen molar-refractivity contribution in [1.82, 2.24) is 20.2 Å². The number of halogens is 3. The Morgan fingerprint density at radius 1 is 1.16 bits per heavy atom. The summed E-state index contributed by atoms with van der Waals surface area (Å²) >= 11 is 0. The second-order valence-corrected chi connectivity index (χ2v) is 9.51. The van der Waals surface area contributed by atoms with Crippen LogP contribution in [-0.2, 0) is 13.0 Å². The quantitative estimate of drug-likeness (QED) is 0.348. The molecule has 1 aliphatic carbocycles. The van der Waals surface area contributed by atoms with Crippen LogP contribution >= 0.6 is 0 Å². The molecule has 1 aromatic heterocycles. The van der Waals surface area contributed by atoms with Gasteiger partial charge < -0.3 is 21.1 Å². The zero-order chi connectivity index (χ0) is 26.4. The standard InChI is InChI=1S/C24H32F3N7O3/c25-24(26,27)37-20-5-2-1-4-17(20)15-30-23-31-19(21(34(35)36)22(28)32-23)14-16-6-8-18(9-7-16)33-12-3-10-29-11-13-33/h1-2,4-5,16,18,29H,3,6-15H2,(H3,28,30,31,32)/t16-,18-. The van der Waals surface area contributed by atoms with E-state index >= 15 is 0 Å². The second kappa shape index (κ2) is 11.9. The Balaban J connectivity index is 1.44. The lowest BCUT2D eigenvalue weighted by molar-refractivity contribution is -0.385. The molecule has 37 heavy (non-hydrogen) atoms. The minimum Gasteiger partial charge on any atom is -0.405 e. The molecule has 1 aromatic carbocycles. The van der Waals surface area contributed by atoms with E-state index in [1.165, 1.54) is 18.2 Å². The zero-order valence-electron chi connectivity index (χ0n) is 20.5. The first-order valence-corrected chi connectivity index (χ1v) is 12.5. The Bertz CT molecular complexity index is 1070. The summed E-state index contributed by atoms with van der Waals surface area (Å²) in [5.74, 6) is -0.383. The average molecular weight is 524 g/mol. The van der Waals surface area contributed by atoms with E-state index in [0.717, 1.165) is 58.3 Å². The van der Waals surface area contributed by atoms with Crippen molar-refractivity contribution in [2.24, 2.45) is 5.92 Å². The monoisotopic (exact) mass is 523 g/mol. The summed E-state index contributed by atoms with van der Waals surface area (Å²) in [5, 5.41) is 18.0. The summed E-state index contributed by atoms with van der Waals surface area (Å²) in [6.45, 7) is 4.08. The van der Waals surface area contributed by atoms with Crippen molar-refractivity contribution in [3.63, 3.8) is 0 Å². The molecular formula is C24H32F3N7O3. The van der Waals surface area contributed by atoms with Gasteiger partial charge in [0.05, 0.1) is 4.92 Å². The normalized spacial score (nSPS) is 21.3. The van der Waals surface area contributed by atoms with Crippen LogP contribution in [0.15, 0.2) is 24.3 Å². The van der Waals surface area contributed by atoms with Gasteiger partial charge in [0.25, 0.3) is 0 Å². The number of nitrogens with one attached hydrogen (secondary N) is 2. The van der Waals surface area contributed by atoms with Crippen molar-refractivity contribution in [3.05, 3.63) is 45.6 Å². The molecule has 0 amide bonds. The smallest absolute Gasteiger partial charge is 0.405 e. The fourth-order valence-corrected chi connectivity index (χ4v) is 5.21. The minimum atomic E-state index is -4.83. The predicted molar refractivity (Wildman–Crippen MR) is 132 cm³/mol. The van der Waals surface area contributed by atoms with Gasteiger partial charge in [-0.1, -0.05) is 18.2 Å². The summed E-state index contributed by atoms with van der Waals surface area (Å²) < 4.78 is 42.3. The highest BCUT2D eigenvalue weighted by atomic mass is 19.4. The molecule has 202 valence electrons. The number of nitro groups is 1. The van der Waals surface area contributed by atoms with E-state index in [4.69, 9.17) is 5.73 Å². The maximum Gasteiger partial charge on any atom is 0.573 e. The van der Waals surface area contributed by atoms with Gasteiger partial charge in [0.1, 0.15) is 11.4 Å². The Kier molecular flexibility index (Phi) is 8.64. The number of para-hydroxylation sites is 1. The summed E-state index contributed by atoms with van der Waals surface area (Å²) in [4.78, 5) is 22.1. The molecule has 0 spiro atoms. The third kappa shape index (κ3) is 7.41. The van der Waals surface area contributed by atoms with Gasteiger partial charge in [0, 0.05) is 31.2 Å². The van der Waals surface area contributed by atoms with E-state index in [9.17, 15) is 23.3 Å². The first-order chi connectivity index (χ1) is 17.7. The molecule has 2 aromatic rings. The Hall–Kier alpha value is -3.19. The Labute approximate surface area is 212 Å². The second-order valence-electron chi connectivity index (χ2n) is 9.51. The molecule has 2 fully saturated rings. The number of nitrogens with zero attached hydrogens (tertiary/aromatic N) is 4. The SMILES string of the molecule is Nc1nc(NCc2ccccc2OC(F)(F)F)nc(C[C@H]2CC[C@H](N3CCCNCC3)CC2)c1[N+](=O)[O-]. The van der Waals surface area contributed by atoms with Crippen molar-refractivity contribution in [1.29, 1.82) is 0 Å². The number of rotatable bonds is 8. The fourth-order valence-electron chi connectivity index (χ4n) is 5.21. The van der Waals surface area contributed by atoms with Gasteiger partial charge >= 0.3 is 12.0 Å². The number of anilines is 2. The van der Waals surface area contributed by atoms with Gasteiger partial charge in [-0.3, -0.25) is 15.0 Å². The van der Waals surface area contributed by atoms with E-state index in [0.29, 0.717) is 12.5 Å². The van der Waals surface area contributed by atoms with Crippen molar-refractivity contribution >= 4 is 17.5 Å². The van der Waals surface area contributed by atoms with E-state index in [1.807, 2.05) is 0 Å². The summed E-state index contributed by atoms with van der Waals surface area (Å²) in [6, 6.07) is 6.22. The average Bonchev–Trinajstić information content (AvgIpc) is 3.12. The molecule has 0 unspecified atom stereocenters. The van der Waals surface area contributed by atoms with Crippen LogP contribution in [0.1, 0.15) is 43.4 Å². The van der Waals surface area contributed by atoms with E-state index < -0.39 is 11.3 Å². The molecule has 4 N–H and O–H groups in total. The first-order valence-electron chi connectivity index (χ1n) is 12.5. The molecule has 0 bridgehead atoms. The Morgan fingerprint density at radius 2 is 1.92 bits per heavy atom. The predicted octanol–water partition coefficient (Wildman–Crippen LogP) is 3.87. The third-order valence-corrected chi connectivity index (χ3v) is 6.99. The van der Waals surface area contributed by atoms with Gasteiger partial charge in [-0.2, -0.15) is 4.98 Å². The molecule has 1 aliphatic heterocycles. The van der Waals surface area contributed by atoms with Gasteiger partial charge in [-0.05, 0) is 63.6 Å². The highest BCUT2D eigenvalue weighted by molar-refractivity contribution is 5.58. The number of nitrogen functional groups attached to an aromatic ring is 1. The summed E-state index contributed by atoms with van der Waals surface area (Å²) in [7, 11) is 0. The molecule has 2 aliphatic rings. The van der Waals surface area contributed by atoms with Crippen molar-refractivity contribution in [2.75, 3.05) is 37.2 Å². The molecule has 1 saturated heterocycles. The van der Waals surface area contributed by atoms with Crippen LogP contribution in [0.5, 0.6) is 5.75 Å². The van der Waals surface area contributed by atoms with Crippen LogP contribution in [0.25, 0.3) is 0 Å². The van der Waals surface area contributed by atoms with Gasteiger partial charge in [0.2, 0.25) is 11.8 Å². The molecule has 2 heterocycles. The zero-order valence-corrected chi connectivity index (χ0v) is 20.5. The maximum atomic E-state index is 12.7. The Morgan fingerprint density at radius 3 is 2.65 bits per heavy atom. The minimum absolute atomic E-state index is 0.0191. The van der Waals surface area contributed by atoms with Crippen LogP contribution in [0.4, 0.5) is 30.6 Å². The number of hydrogen-bond donors (Lipinski definition) is 3. The number of ether oxygens (including phenoxy) is 1. The largest absolute Gasteiger partial charge is 0.573 e. The van der Waals surface area contributed by atoms with Crippen LogP contribution in [0, 0.1) is 16.0 Å². The molecule has 0 atom stereocenters. The van der Waals surface area contributed by atoms with Crippen LogP contribution in [0.2, 0.25) is 0 Å². The first kappa shape index (κ1) is 26.9. The molecular weight excluding hydrogens is 491 g/mol. The summed E-state index contributed by atoms with van der Waals surface area (Å²) in [6.07, 6.45) is 0.608. The number of benzene rings is 1. The topological polar surface area (TPSA) is 131 Å². The van der Waals surface area contributed by atoms with Gasteiger partial charge in [0.15, 0.2) is 0 Å². The van der Waals surface area contributed by atoms with Crippen LogP contribution < -0.4 is 21.1 Å². The van der Waals surface area contributed by atoms with E-state index in [-0.39, 0.29) is 46.9 Å². The highest BCUT2D eigenvalue weighted by Crippen LogP contribution is 2.34. The fraction of sp³-hybridized carbons (Fsp3) is 0.583. The van der Waals surface area contributed by atoms with E-state index in [2.05, 4.69) is 30.2 Å². The van der Waals surface area contributed by atoms with Crippen molar-refractivity contribution in [3.8, 4) is 5.75 Å². The maximum absolute atomic E-state index is 12.7. The lowest BCUT2D eigenvalue weighted by Gasteiger charge is -2.36. The number of aromatic nitrogens is 2. The van der Waals surface area contributed by atoms with Crippen molar-refractivity contribution in [2.45, 2.75) is 57.5 Å². The summed E-state index contributed by atoms with van der Waals surface area (Å²) in [5.41, 5.74) is 6.08. The molecule has 0 radical (unpaired) electrons. The lowest BCUT2D eigenvalue weighted by Crippen LogP contribution is -2.40. The number of nitrogens with two attached hydrogens (primary N) is 1. The van der Waals surface area contributed by atoms with Crippen molar-refractivity contribution < 1.29 is 22.8 Å². The molecule has 1 saturated carbocycles. The highest BCUT2D eigenvalue weighted by Gasteiger charge is 2.32. The number of alkyl halides is 3. The molecule has 10 nitrogen and oxygen atoms in total. The molecule has 4 rings (SSSR count). The van der Waals surface area contributed by atoms with Crippen LogP contribution in [-0.4, -0.2) is 58.4 Å².